The zero-order chi connectivity index (χ0) is 36.4. The predicted octanol–water partition coefficient (Wildman–Crippen LogP) is 6.47. The molecule has 0 saturated carbocycles. The summed E-state index contributed by atoms with van der Waals surface area (Å²) < 4.78 is 23.2. The molecule has 8 aromatic carbocycles. The molecule has 0 spiro atoms. The maximum absolute atomic E-state index is 14.0. The molecule has 10 heteroatoms. The SMILES string of the molecule is O=C(O[B-](OC(=O)c1ccc2ccccc2c1)(OC(=O)c1ccc2ccccc2c1)OC(=O)c1ccc2ccccc2c1)c1ccc2ccccc2c1.[K+]. The van der Waals surface area contributed by atoms with Crippen LogP contribution in [0.3, 0.4) is 0 Å². The Hall–Kier alpha value is -5.62. The Morgan fingerprint density at radius 3 is 0.722 bits per heavy atom. The van der Waals surface area contributed by atoms with Crippen LogP contribution in [0.2, 0.25) is 0 Å². The van der Waals surface area contributed by atoms with Crippen LogP contribution in [-0.4, -0.2) is 30.8 Å². The molecule has 8 nitrogen and oxygen atoms in total. The van der Waals surface area contributed by atoms with Gasteiger partial charge in [-0.15, -0.1) is 0 Å². The second-order valence-corrected chi connectivity index (χ2v) is 12.4. The van der Waals surface area contributed by atoms with Crippen molar-refractivity contribution in [2.75, 3.05) is 0 Å². The number of hydrogen-bond acceptors (Lipinski definition) is 8. The Labute approximate surface area is 352 Å². The van der Waals surface area contributed by atoms with E-state index in [2.05, 4.69) is 0 Å². The van der Waals surface area contributed by atoms with Crippen molar-refractivity contribution in [2.24, 2.45) is 0 Å². The van der Waals surface area contributed by atoms with Gasteiger partial charge in [0.05, 0.1) is 22.3 Å². The van der Waals surface area contributed by atoms with E-state index in [1.54, 1.807) is 48.5 Å². The van der Waals surface area contributed by atoms with Crippen molar-refractivity contribution < 1.29 is 89.2 Å². The van der Waals surface area contributed by atoms with E-state index in [0.717, 1.165) is 43.1 Å². The molecule has 54 heavy (non-hydrogen) atoms. The van der Waals surface area contributed by atoms with Gasteiger partial charge in [0, 0.05) is 0 Å². The Morgan fingerprint density at radius 1 is 0.296 bits per heavy atom. The summed E-state index contributed by atoms with van der Waals surface area (Å²) in [6.07, 6.45) is 0. The van der Waals surface area contributed by atoms with E-state index in [0.29, 0.717) is 0 Å². The third-order valence-corrected chi connectivity index (χ3v) is 8.95. The first-order valence-electron chi connectivity index (χ1n) is 16.8. The van der Waals surface area contributed by atoms with Crippen LogP contribution in [0.5, 0.6) is 0 Å². The van der Waals surface area contributed by atoms with Crippen LogP contribution in [0.15, 0.2) is 170 Å². The zero-order valence-electron chi connectivity index (χ0n) is 29.0. The van der Waals surface area contributed by atoms with Crippen molar-refractivity contribution in [3.63, 3.8) is 0 Å². The molecule has 0 amide bonds. The van der Waals surface area contributed by atoms with Gasteiger partial charge in [-0.1, -0.05) is 121 Å². The minimum Gasteiger partial charge on any atom is -0.581 e. The minimum atomic E-state index is -4.28. The first kappa shape index (κ1) is 36.7. The smallest absolute Gasteiger partial charge is 0.581 e. The summed E-state index contributed by atoms with van der Waals surface area (Å²) in [6, 6.07) is 48.6. The van der Waals surface area contributed by atoms with E-state index in [9.17, 15) is 19.2 Å². The average molecular weight is 735 g/mol. The number of carbonyl (C=O) groups excluding carboxylic acids is 4. The molecule has 8 aromatic rings. The van der Waals surface area contributed by atoms with Crippen LogP contribution >= 0.6 is 0 Å². The first-order valence-corrected chi connectivity index (χ1v) is 16.8. The van der Waals surface area contributed by atoms with Gasteiger partial charge in [-0.25, -0.2) is 0 Å². The van der Waals surface area contributed by atoms with Gasteiger partial charge in [0.15, 0.2) is 0 Å². The maximum atomic E-state index is 14.0. The number of rotatable bonds is 8. The van der Waals surface area contributed by atoms with Crippen molar-refractivity contribution >= 4 is 73.9 Å². The molecule has 256 valence electrons. The standard InChI is InChI=1S/C44H28BO8.K/c46-41(37-21-17-29-9-1-5-13-33(29)25-37)50-45(51-42(47)38-22-18-30-10-2-6-14-34(30)26-38,52-43(48)39-23-19-31-11-3-7-15-35(31)27-39)53-44(49)40-24-20-32-12-4-8-16-36(32)28-40;/h1-28H;/q-1;+1. The number of benzene rings is 8. The van der Waals surface area contributed by atoms with Crippen LogP contribution < -0.4 is 51.4 Å². The van der Waals surface area contributed by atoms with Gasteiger partial charge < -0.3 is 18.6 Å². The van der Waals surface area contributed by atoms with Crippen LogP contribution in [0.4, 0.5) is 0 Å². The van der Waals surface area contributed by atoms with Gasteiger partial charge in [-0.3, -0.25) is 19.2 Å². The van der Waals surface area contributed by atoms with Gasteiger partial charge in [-0.05, 0) is 91.6 Å². The second-order valence-electron chi connectivity index (χ2n) is 12.4. The molecule has 0 aliphatic heterocycles. The average Bonchev–Trinajstić information content (AvgIpc) is 3.19. The van der Waals surface area contributed by atoms with Crippen molar-refractivity contribution in [2.45, 2.75) is 0 Å². The summed E-state index contributed by atoms with van der Waals surface area (Å²) in [5.74, 6) is -4.28. The predicted molar refractivity (Wildman–Crippen MR) is 203 cm³/mol. The van der Waals surface area contributed by atoms with E-state index in [-0.39, 0.29) is 73.6 Å². The monoisotopic (exact) mass is 734 g/mol. The molecular weight excluding hydrogens is 706 g/mol. The first-order chi connectivity index (χ1) is 25.8. The van der Waals surface area contributed by atoms with Crippen molar-refractivity contribution in [1.29, 1.82) is 0 Å². The fourth-order valence-corrected chi connectivity index (χ4v) is 6.21. The van der Waals surface area contributed by atoms with Crippen LogP contribution in [0.1, 0.15) is 41.4 Å². The third-order valence-electron chi connectivity index (χ3n) is 8.95. The van der Waals surface area contributed by atoms with E-state index in [1.807, 2.05) is 97.1 Å². The molecule has 0 aromatic heterocycles. The molecule has 0 bridgehead atoms. The van der Waals surface area contributed by atoms with Gasteiger partial charge >= 0.3 is 58.3 Å². The largest absolute Gasteiger partial charge is 1.00 e. The molecule has 0 aliphatic carbocycles. The molecule has 0 atom stereocenters. The van der Waals surface area contributed by atoms with Gasteiger partial charge in [-0.2, -0.15) is 0 Å². The molecule has 0 heterocycles. The van der Waals surface area contributed by atoms with Crippen molar-refractivity contribution in [3.05, 3.63) is 192 Å². The van der Waals surface area contributed by atoms with Crippen LogP contribution in [-0.2, 0) is 18.6 Å². The zero-order valence-corrected chi connectivity index (χ0v) is 32.1. The Morgan fingerprint density at radius 2 is 0.500 bits per heavy atom. The Bertz CT molecular complexity index is 2370. The summed E-state index contributed by atoms with van der Waals surface area (Å²) in [5.41, 5.74) is 0.112. The normalized spacial score (nSPS) is 11.1. The molecule has 0 aliphatic rings. The summed E-state index contributed by atoms with van der Waals surface area (Å²) in [7, 11) is 0. The quantitative estimate of drug-likeness (QED) is 0.164. The van der Waals surface area contributed by atoms with Gasteiger partial charge in [0.2, 0.25) is 0 Å². The second kappa shape index (κ2) is 15.8. The van der Waals surface area contributed by atoms with E-state index in [4.69, 9.17) is 18.6 Å². The van der Waals surface area contributed by atoms with E-state index in [1.165, 1.54) is 24.3 Å². The molecule has 0 N–H and O–H groups in total. The Kier molecular flexibility index (Phi) is 10.7. The van der Waals surface area contributed by atoms with Crippen LogP contribution in [0, 0.1) is 0 Å². The molecular formula is C44H28BKO8. The summed E-state index contributed by atoms with van der Waals surface area (Å²) in [6.45, 7) is -4.28. The molecule has 8 rings (SSSR count). The summed E-state index contributed by atoms with van der Waals surface area (Å²) in [4.78, 5) is 56.0. The summed E-state index contributed by atoms with van der Waals surface area (Å²) >= 11 is 0. The summed E-state index contributed by atoms with van der Waals surface area (Å²) in [5, 5.41) is 6.29. The minimum absolute atomic E-state index is 0. The number of carbonyl (C=O) groups is 4. The van der Waals surface area contributed by atoms with Crippen molar-refractivity contribution in [1.82, 2.24) is 0 Å². The molecule has 0 fully saturated rings. The van der Waals surface area contributed by atoms with Crippen LogP contribution in [0.25, 0.3) is 43.1 Å². The fourth-order valence-electron chi connectivity index (χ4n) is 6.21. The maximum Gasteiger partial charge on any atom is 1.00 e. The number of fused-ring (bicyclic) bond motifs is 4. The van der Waals surface area contributed by atoms with Gasteiger partial charge in [0.1, 0.15) is 0 Å². The van der Waals surface area contributed by atoms with Gasteiger partial charge in [0.25, 0.3) is 23.9 Å². The van der Waals surface area contributed by atoms with E-state index >= 15 is 0 Å². The molecule has 0 unspecified atom stereocenters. The molecule has 0 saturated heterocycles. The molecule has 0 radical (unpaired) electrons. The third kappa shape index (κ3) is 7.84. The van der Waals surface area contributed by atoms with Crippen molar-refractivity contribution in [3.8, 4) is 0 Å². The fraction of sp³-hybridized carbons (Fsp3) is 0. The van der Waals surface area contributed by atoms with E-state index < -0.39 is 30.8 Å². The Balaban J connectivity index is 0.00000450. The number of hydrogen-bond donors (Lipinski definition) is 0. The topological polar surface area (TPSA) is 105 Å².